The Labute approximate surface area is 111 Å². The first kappa shape index (κ1) is 13.4. The molecule has 0 aliphatic carbocycles. The summed E-state index contributed by atoms with van der Waals surface area (Å²) in [5.74, 6) is -1.02. The monoisotopic (exact) mass is 260 g/mol. The van der Waals surface area contributed by atoms with Crippen LogP contribution in [-0.4, -0.2) is 16.2 Å². The number of benzene rings is 1. The SMILES string of the molecule is Cc1ccc(C)c(CC(O)c2ccc(C(=O)O)o2)c1. The van der Waals surface area contributed by atoms with Gasteiger partial charge in [0.05, 0.1) is 0 Å². The number of rotatable bonds is 4. The summed E-state index contributed by atoms with van der Waals surface area (Å²) >= 11 is 0. The quantitative estimate of drug-likeness (QED) is 0.886. The molecular formula is C15H16O4. The van der Waals surface area contributed by atoms with Crippen molar-refractivity contribution in [2.75, 3.05) is 0 Å². The molecule has 0 bridgehead atoms. The van der Waals surface area contributed by atoms with Crippen molar-refractivity contribution in [3.63, 3.8) is 0 Å². The van der Waals surface area contributed by atoms with Gasteiger partial charge in [-0.1, -0.05) is 23.8 Å². The van der Waals surface area contributed by atoms with Gasteiger partial charge in [-0.25, -0.2) is 4.79 Å². The maximum atomic E-state index is 10.7. The van der Waals surface area contributed by atoms with E-state index in [1.54, 1.807) is 0 Å². The van der Waals surface area contributed by atoms with Gasteiger partial charge >= 0.3 is 5.97 Å². The van der Waals surface area contributed by atoms with Gasteiger partial charge in [0.15, 0.2) is 0 Å². The Kier molecular flexibility index (Phi) is 3.71. The van der Waals surface area contributed by atoms with Crippen LogP contribution in [0.25, 0.3) is 0 Å². The fraction of sp³-hybridized carbons (Fsp3) is 0.267. The molecule has 1 aromatic heterocycles. The fourth-order valence-electron chi connectivity index (χ4n) is 1.98. The number of hydrogen-bond acceptors (Lipinski definition) is 3. The van der Waals surface area contributed by atoms with Crippen LogP contribution in [-0.2, 0) is 6.42 Å². The minimum Gasteiger partial charge on any atom is -0.475 e. The zero-order chi connectivity index (χ0) is 14.0. The second-order valence-corrected chi connectivity index (χ2v) is 4.66. The molecule has 2 aromatic rings. The molecule has 0 aliphatic rings. The predicted molar refractivity (Wildman–Crippen MR) is 70.2 cm³/mol. The molecule has 4 heteroatoms. The molecule has 4 nitrogen and oxygen atoms in total. The highest BCUT2D eigenvalue weighted by atomic mass is 16.4. The molecule has 0 radical (unpaired) electrons. The molecule has 0 saturated heterocycles. The van der Waals surface area contributed by atoms with E-state index >= 15 is 0 Å². The Morgan fingerprint density at radius 1 is 1.26 bits per heavy atom. The van der Waals surface area contributed by atoms with Crippen LogP contribution in [0, 0.1) is 13.8 Å². The van der Waals surface area contributed by atoms with Gasteiger partial charge in [0.25, 0.3) is 0 Å². The normalized spacial score (nSPS) is 12.4. The number of carboxylic acids is 1. The van der Waals surface area contributed by atoms with Crippen LogP contribution in [0.5, 0.6) is 0 Å². The van der Waals surface area contributed by atoms with E-state index < -0.39 is 12.1 Å². The average molecular weight is 260 g/mol. The lowest BCUT2D eigenvalue weighted by molar-refractivity contribution is 0.0651. The van der Waals surface area contributed by atoms with Gasteiger partial charge in [-0.05, 0) is 37.1 Å². The number of carbonyl (C=O) groups is 1. The summed E-state index contributed by atoms with van der Waals surface area (Å²) in [5.41, 5.74) is 3.24. The lowest BCUT2D eigenvalue weighted by Crippen LogP contribution is -2.02. The third-order valence-corrected chi connectivity index (χ3v) is 3.08. The number of furan rings is 1. The Morgan fingerprint density at radius 3 is 2.63 bits per heavy atom. The van der Waals surface area contributed by atoms with E-state index in [1.807, 2.05) is 32.0 Å². The van der Waals surface area contributed by atoms with Crippen molar-refractivity contribution in [1.82, 2.24) is 0 Å². The van der Waals surface area contributed by atoms with Gasteiger partial charge in [-0.3, -0.25) is 0 Å². The number of aliphatic hydroxyl groups excluding tert-OH is 1. The van der Waals surface area contributed by atoms with Crippen LogP contribution in [0.15, 0.2) is 34.7 Å². The zero-order valence-corrected chi connectivity index (χ0v) is 10.9. The summed E-state index contributed by atoms with van der Waals surface area (Å²) in [6.45, 7) is 3.97. The van der Waals surface area contributed by atoms with Crippen molar-refractivity contribution in [2.24, 2.45) is 0 Å². The third-order valence-electron chi connectivity index (χ3n) is 3.08. The molecule has 0 fully saturated rings. The van der Waals surface area contributed by atoms with Crippen LogP contribution in [0.3, 0.4) is 0 Å². The molecule has 1 unspecified atom stereocenters. The van der Waals surface area contributed by atoms with Crippen molar-refractivity contribution in [3.05, 3.63) is 58.5 Å². The van der Waals surface area contributed by atoms with Gasteiger partial charge in [0, 0.05) is 6.42 Å². The van der Waals surface area contributed by atoms with E-state index in [4.69, 9.17) is 9.52 Å². The van der Waals surface area contributed by atoms with Crippen molar-refractivity contribution < 1.29 is 19.4 Å². The Balaban J connectivity index is 2.17. The number of aromatic carboxylic acids is 1. The summed E-state index contributed by atoms with van der Waals surface area (Å²) in [5, 5.41) is 18.9. The number of aryl methyl sites for hydroxylation is 2. The highest BCUT2D eigenvalue weighted by molar-refractivity contribution is 5.84. The lowest BCUT2D eigenvalue weighted by Gasteiger charge is -2.11. The standard InChI is InChI=1S/C15H16O4/c1-9-3-4-10(2)11(7-9)8-12(16)13-5-6-14(19-13)15(17)18/h3-7,12,16H,8H2,1-2H3,(H,17,18). The molecule has 1 heterocycles. The van der Waals surface area contributed by atoms with Crippen molar-refractivity contribution in [3.8, 4) is 0 Å². The molecule has 2 N–H and O–H groups in total. The second kappa shape index (κ2) is 5.28. The molecule has 0 aliphatic heterocycles. The molecule has 0 amide bonds. The Bertz CT molecular complexity index is 598. The van der Waals surface area contributed by atoms with Crippen LogP contribution >= 0.6 is 0 Å². The maximum absolute atomic E-state index is 10.7. The predicted octanol–water partition coefficient (Wildman–Crippen LogP) is 2.87. The van der Waals surface area contributed by atoms with E-state index in [9.17, 15) is 9.90 Å². The first-order valence-corrected chi connectivity index (χ1v) is 6.04. The largest absolute Gasteiger partial charge is 0.475 e. The second-order valence-electron chi connectivity index (χ2n) is 4.66. The van der Waals surface area contributed by atoms with E-state index in [2.05, 4.69) is 0 Å². The molecule has 100 valence electrons. The summed E-state index contributed by atoms with van der Waals surface area (Å²) in [6, 6.07) is 8.88. The van der Waals surface area contributed by atoms with Crippen LogP contribution < -0.4 is 0 Å². The Morgan fingerprint density at radius 2 is 2.00 bits per heavy atom. The smallest absolute Gasteiger partial charge is 0.371 e. The highest BCUT2D eigenvalue weighted by Gasteiger charge is 2.16. The maximum Gasteiger partial charge on any atom is 0.371 e. The molecule has 19 heavy (non-hydrogen) atoms. The lowest BCUT2D eigenvalue weighted by atomic mass is 9.99. The minimum atomic E-state index is -1.13. The fourth-order valence-corrected chi connectivity index (χ4v) is 1.98. The number of hydrogen-bond donors (Lipinski definition) is 2. The van der Waals surface area contributed by atoms with Gasteiger partial charge in [-0.2, -0.15) is 0 Å². The van der Waals surface area contributed by atoms with E-state index in [-0.39, 0.29) is 11.5 Å². The highest BCUT2D eigenvalue weighted by Crippen LogP contribution is 2.23. The minimum absolute atomic E-state index is 0.157. The van der Waals surface area contributed by atoms with E-state index in [0.29, 0.717) is 6.42 Å². The van der Waals surface area contributed by atoms with Gasteiger partial charge in [0.2, 0.25) is 5.76 Å². The van der Waals surface area contributed by atoms with Gasteiger partial charge in [-0.15, -0.1) is 0 Å². The van der Waals surface area contributed by atoms with Crippen molar-refractivity contribution in [2.45, 2.75) is 26.4 Å². The van der Waals surface area contributed by atoms with Crippen molar-refractivity contribution in [1.29, 1.82) is 0 Å². The molecule has 1 aromatic carbocycles. The Hall–Kier alpha value is -2.07. The first-order chi connectivity index (χ1) is 8.97. The van der Waals surface area contributed by atoms with E-state index in [0.717, 1.165) is 16.7 Å². The third kappa shape index (κ3) is 3.03. The molecule has 0 spiro atoms. The van der Waals surface area contributed by atoms with Crippen molar-refractivity contribution >= 4 is 5.97 Å². The topological polar surface area (TPSA) is 70.7 Å². The summed E-state index contributed by atoms with van der Waals surface area (Å²) in [7, 11) is 0. The first-order valence-electron chi connectivity index (χ1n) is 6.04. The summed E-state index contributed by atoms with van der Waals surface area (Å²) in [6.07, 6.45) is -0.436. The van der Waals surface area contributed by atoms with Crippen LogP contribution in [0.1, 0.15) is 39.1 Å². The molecule has 0 saturated carbocycles. The summed E-state index contributed by atoms with van der Waals surface area (Å²) in [4.78, 5) is 10.7. The zero-order valence-electron chi connectivity index (χ0n) is 10.9. The van der Waals surface area contributed by atoms with Crippen LogP contribution in [0.2, 0.25) is 0 Å². The van der Waals surface area contributed by atoms with E-state index in [1.165, 1.54) is 12.1 Å². The summed E-state index contributed by atoms with van der Waals surface area (Å²) < 4.78 is 5.10. The molecular weight excluding hydrogens is 244 g/mol. The number of aliphatic hydroxyl groups is 1. The molecule has 2 rings (SSSR count). The molecule has 1 atom stereocenters. The number of carboxylic acid groups (broad SMARTS) is 1. The average Bonchev–Trinajstić information content (AvgIpc) is 2.83. The van der Waals surface area contributed by atoms with Gasteiger partial charge < -0.3 is 14.6 Å². The van der Waals surface area contributed by atoms with Gasteiger partial charge in [0.1, 0.15) is 11.9 Å². The van der Waals surface area contributed by atoms with Crippen LogP contribution in [0.4, 0.5) is 0 Å².